The molecule has 5 rings (SSSR count). The summed E-state index contributed by atoms with van der Waals surface area (Å²) >= 11 is 0. The van der Waals surface area contributed by atoms with Crippen molar-refractivity contribution < 1.29 is 23.4 Å². The van der Waals surface area contributed by atoms with E-state index in [1.165, 1.54) is 11.0 Å². The highest BCUT2D eigenvalue weighted by molar-refractivity contribution is 5.79. The van der Waals surface area contributed by atoms with Crippen LogP contribution in [0.5, 0.6) is 0 Å². The molecule has 0 unspecified atom stereocenters. The Morgan fingerprint density at radius 1 is 1.14 bits per heavy atom. The number of aliphatic hydroxyl groups is 1. The molecule has 1 amide bonds. The molecule has 3 fully saturated rings. The zero-order valence-corrected chi connectivity index (χ0v) is 19.8. The molecule has 3 aliphatic rings. The van der Waals surface area contributed by atoms with Crippen LogP contribution in [-0.2, 0) is 29.2 Å². The van der Waals surface area contributed by atoms with Crippen molar-refractivity contribution in [2.45, 2.75) is 45.1 Å². The van der Waals surface area contributed by atoms with E-state index >= 15 is 0 Å². The molecule has 0 bridgehead atoms. The van der Waals surface area contributed by atoms with Gasteiger partial charge in [0.15, 0.2) is 0 Å². The number of rotatable bonds is 9. The summed E-state index contributed by atoms with van der Waals surface area (Å²) in [6.45, 7) is 2.95. The van der Waals surface area contributed by atoms with E-state index in [-0.39, 0.29) is 44.4 Å². The third-order valence-electron chi connectivity index (χ3n) is 7.53. The van der Waals surface area contributed by atoms with Crippen LogP contribution >= 0.6 is 0 Å². The van der Waals surface area contributed by atoms with E-state index in [0.29, 0.717) is 35.5 Å². The van der Waals surface area contributed by atoms with E-state index in [1.54, 1.807) is 24.5 Å². The maximum absolute atomic E-state index is 14.5. The summed E-state index contributed by atoms with van der Waals surface area (Å²) in [5, 5.41) is 9.13. The van der Waals surface area contributed by atoms with Gasteiger partial charge in [-0.2, -0.15) is 0 Å². The molecule has 1 aliphatic carbocycles. The third kappa shape index (κ3) is 5.78. The van der Waals surface area contributed by atoms with Gasteiger partial charge in [-0.15, -0.1) is 0 Å². The van der Waals surface area contributed by atoms with E-state index in [1.807, 2.05) is 0 Å². The lowest BCUT2D eigenvalue weighted by Crippen LogP contribution is -2.52. The number of halogens is 2. The Morgan fingerprint density at radius 3 is 2.54 bits per heavy atom. The Kier molecular flexibility index (Phi) is 7.24. The van der Waals surface area contributed by atoms with Gasteiger partial charge in [-0.3, -0.25) is 4.79 Å². The van der Waals surface area contributed by atoms with Gasteiger partial charge in [0, 0.05) is 36.6 Å². The second-order valence-corrected chi connectivity index (χ2v) is 10.0. The molecule has 7 nitrogen and oxygen atoms in total. The maximum Gasteiger partial charge on any atom is 0.227 e. The smallest absolute Gasteiger partial charge is 0.227 e. The number of hydrogen-bond donors (Lipinski definition) is 1. The first-order valence-electron chi connectivity index (χ1n) is 12.4. The number of benzene rings is 1. The van der Waals surface area contributed by atoms with Gasteiger partial charge >= 0.3 is 0 Å². The highest BCUT2D eigenvalue weighted by atomic mass is 19.1. The lowest BCUT2D eigenvalue weighted by atomic mass is 9.91. The molecule has 9 heteroatoms. The van der Waals surface area contributed by atoms with Gasteiger partial charge in [-0.25, -0.2) is 18.7 Å². The number of hydrogen-bond acceptors (Lipinski definition) is 6. The van der Waals surface area contributed by atoms with Crippen molar-refractivity contribution >= 4 is 11.9 Å². The molecule has 2 saturated heterocycles. The summed E-state index contributed by atoms with van der Waals surface area (Å²) in [6, 6.07) is 4.82. The molecule has 1 N–H and O–H groups in total. The van der Waals surface area contributed by atoms with Gasteiger partial charge in [0.25, 0.3) is 0 Å². The van der Waals surface area contributed by atoms with Crippen LogP contribution in [0.3, 0.4) is 0 Å². The average Bonchev–Trinajstić information content (AvgIpc) is 3.63. The fraction of sp³-hybridized carbons (Fsp3) is 0.577. The van der Waals surface area contributed by atoms with Gasteiger partial charge in [0.1, 0.15) is 12.0 Å². The Hall–Kier alpha value is -2.65. The van der Waals surface area contributed by atoms with Gasteiger partial charge in [0.05, 0.1) is 39.3 Å². The largest absolute Gasteiger partial charge is 0.392 e. The summed E-state index contributed by atoms with van der Waals surface area (Å²) in [6.07, 6.45) is 5.87. The Labute approximate surface area is 204 Å². The highest BCUT2D eigenvalue weighted by Gasteiger charge is 2.43. The summed E-state index contributed by atoms with van der Waals surface area (Å²) in [4.78, 5) is 24.4. The van der Waals surface area contributed by atoms with Crippen molar-refractivity contribution in [2.75, 3.05) is 37.7 Å². The van der Waals surface area contributed by atoms with Crippen LogP contribution in [0, 0.1) is 23.6 Å². The van der Waals surface area contributed by atoms with Gasteiger partial charge in [0.2, 0.25) is 11.9 Å². The zero-order chi connectivity index (χ0) is 24.4. The van der Waals surface area contributed by atoms with Crippen LogP contribution in [-0.4, -0.2) is 64.8 Å². The normalized spacial score (nSPS) is 22.8. The Bertz CT molecular complexity index is 1020. The lowest BCUT2D eigenvalue weighted by molar-refractivity contribution is -0.137. The second kappa shape index (κ2) is 10.5. The molecular formula is C26H32F2N4O3. The van der Waals surface area contributed by atoms with E-state index in [0.717, 1.165) is 43.9 Å². The molecule has 1 aromatic carbocycles. The summed E-state index contributed by atoms with van der Waals surface area (Å²) in [5.74, 6) is 2.06. The quantitative estimate of drug-likeness (QED) is 0.587. The monoisotopic (exact) mass is 486 g/mol. The Morgan fingerprint density at radius 2 is 1.89 bits per heavy atom. The van der Waals surface area contributed by atoms with E-state index < -0.39 is 6.17 Å². The Balaban J connectivity index is 1.01. The number of aliphatic hydroxyl groups excluding tert-OH is 1. The first-order chi connectivity index (χ1) is 17.0. The van der Waals surface area contributed by atoms with E-state index in [4.69, 9.17) is 9.84 Å². The average molecular weight is 487 g/mol. The molecule has 1 saturated carbocycles. The molecule has 2 aliphatic heterocycles. The van der Waals surface area contributed by atoms with Crippen molar-refractivity contribution in [3.63, 3.8) is 0 Å². The fourth-order valence-electron chi connectivity index (χ4n) is 5.21. The fourth-order valence-corrected chi connectivity index (χ4v) is 5.21. The standard InChI is InChI=1S/C26H32F2N4O3/c27-22-12-32(13-22)25(34)8-17-1-2-20(24(28)7-17)15-35-16-21-9-23(21)19-3-5-31(6-4-19)26-29-10-18(14-33)11-30-26/h1-2,7,10-11,19,21-23,33H,3-6,8-9,12-16H2/t21-,23+/m0/s1. The van der Waals surface area contributed by atoms with Crippen molar-refractivity contribution in [1.29, 1.82) is 0 Å². The molecule has 2 atom stereocenters. The van der Waals surface area contributed by atoms with Gasteiger partial charge in [-0.1, -0.05) is 12.1 Å². The molecule has 0 spiro atoms. The van der Waals surface area contributed by atoms with Crippen molar-refractivity contribution in [1.82, 2.24) is 14.9 Å². The summed E-state index contributed by atoms with van der Waals surface area (Å²) in [5.41, 5.74) is 1.81. The van der Waals surface area contributed by atoms with Crippen LogP contribution in [0.1, 0.15) is 36.0 Å². The van der Waals surface area contributed by atoms with Crippen LogP contribution in [0.2, 0.25) is 0 Å². The molecular weight excluding hydrogens is 454 g/mol. The SMILES string of the molecule is O=C(Cc1ccc(COC[C@@H]2C[C@@H]2C2CCN(c3ncc(CO)cn3)CC2)c(F)c1)N1CC(F)C1. The zero-order valence-electron chi connectivity index (χ0n) is 19.8. The van der Waals surface area contributed by atoms with Gasteiger partial charge < -0.3 is 19.6 Å². The predicted octanol–water partition coefficient (Wildman–Crippen LogP) is 2.90. The molecule has 1 aromatic heterocycles. The summed E-state index contributed by atoms with van der Waals surface area (Å²) in [7, 11) is 0. The van der Waals surface area contributed by atoms with E-state index in [9.17, 15) is 13.6 Å². The second-order valence-electron chi connectivity index (χ2n) is 10.0. The van der Waals surface area contributed by atoms with Crippen LogP contribution in [0.15, 0.2) is 30.6 Å². The van der Waals surface area contributed by atoms with E-state index in [2.05, 4.69) is 14.9 Å². The van der Waals surface area contributed by atoms with Crippen LogP contribution in [0.25, 0.3) is 0 Å². The number of aromatic nitrogens is 2. The topological polar surface area (TPSA) is 78.8 Å². The molecule has 35 heavy (non-hydrogen) atoms. The molecule has 0 radical (unpaired) electrons. The van der Waals surface area contributed by atoms with Crippen LogP contribution < -0.4 is 4.90 Å². The minimum Gasteiger partial charge on any atom is -0.392 e. The predicted molar refractivity (Wildman–Crippen MR) is 126 cm³/mol. The van der Waals surface area contributed by atoms with Crippen molar-refractivity contribution in [2.24, 2.45) is 17.8 Å². The maximum atomic E-state index is 14.5. The molecule has 188 valence electrons. The minimum absolute atomic E-state index is 0.0474. The van der Waals surface area contributed by atoms with Gasteiger partial charge in [-0.05, 0) is 48.6 Å². The van der Waals surface area contributed by atoms with Crippen molar-refractivity contribution in [3.05, 3.63) is 53.1 Å². The number of carbonyl (C=O) groups is 1. The number of amides is 1. The highest BCUT2D eigenvalue weighted by Crippen LogP contribution is 2.48. The lowest BCUT2D eigenvalue weighted by Gasteiger charge is -2.34. The number of anilines is 1. The molecule has 3 heterocycles. The number of alkyl halides is 1. The summed E-state index contributed by atoms with van der Waals surface area (Å²) < 4.78 is 33.3. The number of ether oxygens (including phenoxy) is 1. The number of nitrogens with zero attached hydrogens (tertiary/aromatic N) is 4. The molecule has 2 aromatic rings. The minimum atomic E-state index is -0.931. The number of carbonyl (C=O) groups excluding carboxylic acids is 1. The van der Waals surface area contributed by atoms with Crippen molar-refractivity contribution in [3.8, 4) is 0 Å². The first kappa shape index (κ1) is 24.1. The number of piperidine rings is 1. The van der Waals surface area contributed by atoms with Crippen LogP contribution in [0.4, 0.5) is 14.7 Å². The first-order valence-corrected chi connectivity index (χ1v) is 12.4. The third-order valence-corrected chi connectivity index (χ3v) is 7.53. The number of likely N-dealkylation sites (tertiary alicyclic amines) is 1.